The zero-order chi connectivity index (χ0) is 18.5. The molecule has 0 saturated carbocycles. The number of hydrogen-bond donors (Lipinski definition) is 1. The first-order valence-electron chi connectivity index (χ1n) is 9.00. The number of piperidine rings is 1. The maximum Gasteiger partial charge on any atom is 0.317 e. The van der Waals surface area contributed by atoms with Crippen LogP contribution in [0.4, 0.5) is 15.0 Å². The molecule has 1 aromatic heterocycles. The van der Waals surface area contributed by atoms with Crippen molar-refractivity contribution >= 4 is 11.8 Å². The van der Waals surface area contributed by atoms with E-state index in [9.17, 15) is 9.18 Å². The topological polar surface area (TPSA) is 48.5 Å². The van der Waals surface area contributed by atoms with Crippen molar-refractivity contribution in [3.05, 3.63) is 60.0 Å². The van der Waals surface area contributed by atoms with E-state index in [0.717, 1.165) is 31.7 Å². The molecule has 1 aliphatic heterocycles. The standard InChI is InChI=1S/C20H25FN4O/c1-15(17-7-3-4-8-18(17)21)24(2)20(26)23-16-10-13-25(14-11-16)19-9-5-6-12-22-19/h3-9,12,15-16H,10-11,13-14H2,1-2H3,(H,23,26). The zero-order valence-electron chi connectivity index (χ0n) is 15.2. The minimum atomic E-state index is -0.329. The Hall–Kier alpha value is -2.63. The normalized spacial score (nSPS) is 16.2. The Balaban J connectivity index is 1.53. The van der Waals surface area contributed by atoms with Crippen molar-refractivity contribution in [2.75, 3.05) is 25.0 Å². The van der Waals surface area contributed by atoms with Gasteiger partial charge in [-0.05, 0) is 38.0 Å². The number of carbonyl (C=O) groups is 1. The van der Waals surface area contributed by atoms with Crippen molar-refractivity contribution in [1.82, 2.24) is 15.2 Å². The number of benzene rings is 1. The van der Waals surface area contributed by atoms with Gasteiger partial charge in [-0.2, -0.15) is 0 Å². The predicted molar refractivity (Wildman–Crippen MR) is 101 cm³/mol. The van der Waals surface area contributed by atoms with Crippen molar-refractivity contribution in [2.45, 2.75) is 31.8 Å². The van der Waals surface area contributed by atoms with Crippen molar-refractivity contribution in [3.8, 4) is 0 Å². The minimum Gasteiger partial charge on any atom is -0.356 e. The molecule has 2 amide bonds. The van der Waals surface area contributed by atoms with Crippen molar-refractivity contribution in [1.29, 1.82) is 0 Å². The highest BCUT2D eigenvalue weighted by atomic mass is 19.1. The number of carbonyl (C=O) groups excluding carboxylic acids is 1. The van der Waals surface area contributed by atoms with Gasteiger partial charge in [-0.3, -0.25) is 0 Å². The van der Waals surface area contributed by atoms with Gasteiger partial charge in [0.1, 0.15) is 11.6 Å². The lowest BCUT2D eigenvalue weighted by molar-refractivity contribution is 0.187. The summed E-state index contributed by atoms with van der Waals surface area (Å²) in [6.45, 7) is 3.55. The molecule has 26 heavy (non-hydrogen) atoms. The molecule has 0 bridgehead atoms. The summed E-state index contributed by atoms with van der Waals surface area (Å²) in [5.74, 6) is 0.686. The van der Waals surface area contributed by atoms with Crippen LogP contribution in [0.3, 0.4) is 0 Å². The van der Waals surface area contributed by atoms with E-state index >= 15 is 0 Å². The highest BCUT2D eigenvalue weighted by Gasteiger charge is 2.25. The van der Waals surface area contributed by atoms with Crippen LogP contribution < -0.4 is 10.2 Å². The summed E-state index contributed by atoms with van der Waals surface area (Å²) in [4.78, 5) is 20.7. The number of hydrogen-bond acceptors (Lipinski definition) is 3. The maximum absolute atomic E-state index is 14.0. The molecular formula is C20H25FN4O. The predicted octanol–water partition coefficient (Wildman–Crippen LogP) is 3.59. The van der Waals surface area contributed by atoms with Crippen LogP contribution in [0, 0.1) is 5.82 Å². The number of urea groups is 1. The van der Waals surface area contributed by atoms with Crippen LogP contribution in [-0.2, 0) is 0 Å². The Labute approximate surface area is 153 Å². The van der Waals surface area contributed by atoms with Gasteiger partial charge >= 0.3 is 6.03 Å². The number of nitrogens with zero attached hydrogens (tertiary/aromatic N) is 3. The molecule has 1 fully saturated rings. The van der Waals surface area contributed by atoms with Gasteiger partial charge in [-0.1, -0.05) is 24.3 Å². The molecule has 0 aliphatic carbocycles. The lowest BCUT2D eigenvalue weighted by Crippen LogP contribution is -2.49. The molecule has 6 heteroatoms. The summed E-state index contributed by atoms with van der Waals surface area (Å²) in [5, 5.41) is 3.08. The van der Waals surface area contributed by atoms with Crippen molar-refractivity contribution in [2.24, 2.45) is 0 Å². The van der Waals surface area contributed by atoms with Gasteiger partial charge in [0.05, 0.1) is 6.04 Å². The molecule has 2 aromatic rings. The molecule has 0 radical (unpaired) electrons. The molecule has 138 valence electrons. The van der Waals surface area contributed by atoms with Crippen LogP contribution in [0.1, 0.15) is 31.4 Å². The molecule has 2 heterocycles. The quantitative estimate of drug-likeness (QED) is 0.911. The summed E-state index contributed by atoms with van der Waals surface area (Å²) in [6.07, 6.45) is 3.52. The third kappa shape index (κ3) is 4.12. The number of aromatic nitrogens is 1. The molecule has 0 spiro atoms. The number of rotatable bonds is 4. The number of nitrogens with one attached hydrogen (secondary N) is 1. The lowest BCUT2D eigenvalue weighted by atomic mass is 10.0. The van der Waals surface area contributed by atoms with E-state index in [1.54, 1.807) is 36.3 Å². The van der Waals surface area contributed by atoms with Crippen LogP contribution in [-0.4, -0.2) is 42.1 Å². The van der Waals surface area contributed by atoms with Crippen LogP contribution >= 0.6 is 0 Å². The van der Waals surface area contributed by atoms with E-state index in [0.29, 0.717) is 5.56 Å². The van der Waals surface area contributed by atoms with Gasteiger partial charge in [-0.15, -0.1) is 0 Å². The summed E-state index contributed by atoms with van der Waals surface area (Å²) in [5.41, 5.74) is 0.523. The van der Waals surface area contributed by atoms with E-state index in [1.165, 1.54) is 6.07 Å². The largest absolute Gasteiger partial charge is 0.356 e. The number of pyridine rings is 1. The summed E-state index contributed by atoms with van der Waals surface area (Å²) in [7, 11) is 1.70. The fraction of sp³-hybridized carbons (Fsp3) is 0.400. The number of halogens is 1. The Bertz CT molecular complexity index is 732. The van der Waals surface area contributed by atoms with Crippen LogP contribution in [0.15, 0.2) is 48.7 Å². The SMILES string of the molecule is CC(c1ccccc1F)N(C)C(=O)NC1CCN(c2ccccn2)CC1. The molecule has 1 atom stereocenters. The number of amides is 2. The van der Waals surface area contributed by atoms with E-state index in [4.69, 9.17) is 0 Å². The second-order valence-corrected chi connectivity index (χ2v) is 6.71. The minimum absolute atomic E-state index is 0.123. The number of anilines is 1. The molecule has 1 aliphatic rings. The third-order valence-corrected chi connectivity index (χ3v) is 5.05. The molecular weight excluding hydrogens is 331 g/mol. The Kier molecular flexibility index (Phi) is 5.71. The van der Waals surface area contributed by atoms with Crippen LogP contribution in [0.2, 0.25) is 0 Å². The van der Waals surface area contributed by atoms with Gasteiger partial charge in [-0.25, -0.2) is 14.2 Å². The maximum atomic E-state index is 14.0. The average molecular weight is 356 g/mol. The fourth-order valence-electron chi connectivity index (χ4n) is 3.27. The van der Waals surface area contributed by atoms with Gasteiger partial charge in [0.2, 0.25) is 0 Å². The monoisotopic (exact) mass is 356 g/mol. The summed E-state index contributed by atoms with van der Waals surface area (Å²) in [6, 6.07) is 12.1. The molecule has 1 aromatic carbocycles. The van der Waals surface area contributed by atoms with E-state index in [2.05, 4.69) is 15.2 Å². The first kappa shape index (κ1) is 18.2. The highest BCUT2D eigenvalue weighted by molar-refractivity contribution is 5.74. The first-order valence-corrected chi connectivity index (χ1v) is 9.00. The first-order chi connectivity index (χ1) is 12.6. The van der Waals surface area contributed by atoms with Gasteiger partial charge in [0.15, 0.2) is 0 Å². The molecule has 1 N–H and O–H groups in total. The van der Waals surface area contributed by atoms with E-state index < -0.39 is 0 Å². The average Bonchev–Trinajstić information content (AvgIpc) is 2.68. The second-order valence-electron chi connectivity index (χ2n) is 6.71. The van der Waals surface area contributed by atoms with Crippen LogP contribution in [0.25, 0.3) is 0 Å². The summed E-state index contributed by atoms with van der Waals surface area (Å²) < 4.78 is 14.0. The lowest BCUT2D eigenvalue weighted by Gasteiger charge is -2.34. The van der Waals surface area contributed by atoms with Gasteiger partial charge in [0.25, 0.3) is 0 Å². The third-order valence-electron chi connectivity index (χ3n) is 5.05. The second kappa shape index (κ2) is 8.17. The van der Waals surface area contributed by atoms with Crippen molar-refractivity contribution in [3.63, 3.8) is 0 Å². The van der Waals surface area contributed by atoms with Crippen LogP contribution in [0.5, 0.6) is 0 Å². The van der Waals surface area contributed by atoms with E-state index in [1.807, 2.05) is 25.1 Å². The van der Waals surface area contributed by atoms with E-state index in [-0.39, 0.29) is 23.9 Å². The van der Waals surface area contributed by atoms with Gasteiger partial charge < -0.3 is 15.1 Å². The molecule has 1 unspecified atom stereocenters. The summed E-state index contributed by atoms with van der Waals surface area (Å²) >= 11 is 0. The molecule has 3 rings (SSSR count). The molecule has 5 nitrogen and oxygen atoms in total. The zero-order valence-corrected chi connectivity index (χ0v) is 15.2. The Morgan fingerprint density at radius 3 is 2.58 bits per heavy atom. The smallest absolute Gasteiger partial charge is 0.317 e. The Morgan fingerprint density at radius 1 is 1.23 bits per heavy atom. The van der Waals surface area contributed by atoms with Crippen molar-refractivity contribution < 1.29 is 9.18 Å². The Morgan fingerprint density at radius 2 is 1.92 bits per heavy atom. The molecule has 1 saturated heterocycles. The van der Waals surface area contributed by atoms with Gasteiger partial charge in [0, 0.05) is 37.9 Å². The highest BCUT2D eigenvalue weighted by Crippen LogP contribution is 2.22. The fourth-order valence-corrected chi connectivity index (χ4v) is 3.27.